The first-order valence-electron chi connectivity index (χ1n) is 14.3. The molecule has 3 N–H and O–H groups in total. The second-order valence-electron chi connectivity index (χ2n) is 12.6. The van der Waals surface area contributed by atoms with Crippen LogP contribution in [0.25, 0.3) is 0 Å². The Morgan fingerprint density at radius 1 is 1.03 bits per heavy atom. The molecule has 204 valence electrons. The molecule has 1 spiro atoms. The first kappa shape index (κ1) is 25.7. The van der Waals surface area contributed by atoms with E-state index in [-0.39, 0.29) is 48.5 Å². The Balaban J connectivity index is 1.19. The number of halogens is 2. The van der Waals surface area contributed by atoms with E-state index in [4.69, 9.17) is 5.73 Å². The molecule has 1 aromatic rings. The minimum atomic E-state index is -2.58. The normalized spacial score (nSPS) is 38.1. The summed E-state index contributed by atoms with van der Waals surface area (Å²) in [6, 6.07) is 9.66. The first-order chi connectivity index (χ1) is 17.7. The number of amides is 1. The van der Waals surface area contributed by atoms with Gasteiger partial charge >= 0.3 is 0 Å². The molecule has 2 saturated carbocycles. The van der Waals surface area contributed by atoms with Crippen molar-refractivity contribution in [2.24, 2.45) is 5.73 Å². The van der Waals surface area contributed by atoms with E-state index in [0.717, 1.165) is 51.5 Å². The maximum absolute atomic E-state index is 14.0. The minimum Gasteiger partial charge on any atom is -0.376 e. The minimum absolute atomic E-state index is 0.00413. The second-order valence-corrected chi connectivity index (χ2v) is 12.6. The second kappa shape index (κ2) is 9.54. The number of hydrogen-bond acceptors (Lipinski definition) is 5. The van der Waals surface area contributed by atoms with Crippen LogP contribution in [-0.2, 0) is 4.79 Å². The molecule has 5 aliphatic rings. The van der Waals surface area contributed by atoms with Crippen LogP contribution < -0.4 is 5.73 Å². The molecule has 7 atom stereocenters. The average molecular weight is 517 g/mol. The molecule has 3 saturated heterocycles. The van der Waals surface area contributed by atoms with Gasteiger partial charge in [0.15, 0.2) is 0 Å². The zero-order valence-corrected chi connectivity index (χ0v) is 21.9. The molecule has 3 aliphatic heterocycles. The smallest absolute Gasteiger partial charge is 0.249 e. The fourth-order valence-corrected chi connectivity index (χ4v) is 8.09. The molecule has 1 aromatic carbocycles. The van der Waals surface area contributed by atoms with Gasteiger partial charge in [-0.05, 0) is 76.3 Å². The lowest BCUT2D eigenvalue weighted by molar-refractivity contribution is -0.145. The van der Waals surface area contributed by atoms with Crippen molar-refractivity contribution in [3.63, 3.8) is 0 Å². The van der Waals surface area contributed by atoms with E-state index in [0.29, 0.717) is 18.8 Å². The molecule has 37 heavy (non-hydrogen) atoms. The van der Waals surface area contributed by atoms with Crippen LogP contribution in [0.1, 0.15) is 82.1 Å². The van der Waals surface area contributed by atoms with Crippen molar-refractivity contribution in [1.29, 1.82) is 0 Å². The zero-order valence-electron chi connectivity index (χ0n) is 21.9. The Hall–Kier alpha value is -1.61. The molecule has 5 fully saturated rings. The highest BCUT2D eigenvalue weighted by Crippen LogP contribution is 2.55. The lowest BCUT2D eigenvalue weighted by Gasteiger charge is -2.43. The third-order valence-corrected chi connectivity index (χ3v) is 10.4. The van der Waals surface area contributed by atoms with Gasteiger partial charge in [-0.15, -0.1) is 0 Å². The predicted molar refractivity (Wildman–Crippen MR) is 138 cm³/mol. The highest BCUT2D eigenvalue weighted by Gasteiger charge is 2.58. The standard InChI is InChI=1S/C29H42F2N4O2/c1-33(23-11-12-29(30,31)17-23)21-7-9-24(32)26(36)35-22(15-21)8-10-25(35)27(37)34-18-20(16-28(34)13-14-28)19-5-3-2-4-6-19/h2-6,20-25,27,37H,7-18,32H2,1H3/t20-,21+,22-,23+,24+,25+,27?/m1/s1. The van der Waals surface area contributed by atoms with Gasteiger partial charge in [0.2, 0.25) is 11.8 Å². The van der Waals surface area contributed by atoms with E-state index in [2.05, 4.69) is 34.1 Å². The predicted octanol–water partition coefficient (Wildman–Crippen LogP) is 3.69. The van der Waals surface area contributed by atoms with Crippen LogP contribution in [0, 0.1) is 0 Å². The lowest BCUT2D eigenvalue weighted by atomic mass is 9.93. The summed E-state index contributed by atoms with van der Waals surface area (Å²) in [5.41, 5.74) is 7.78. The van der Waals surface area contributed by atoms with Gasteiger partial charge in [0.05, 0.1) is 12.1 Å². The summed E-state index contributed by atoms with van der Waals surface area (Å²) in [6.07, 6.45) is 6.56. The van der Waals surface area contributed by atoms with Gasteiger partial charge in [-0.2, -0.15) is 0 Å². The van der Waals surface area contributed by atoms with E-state index in [1.807, 2.05) is 18.0 Å². The largest absolute Gasteiger partial charge is 0.376 e. The van der Waals surface area contributed by atoms with Crippen molar-refractivity contribution in [1.82, 2.24) is 14.7 Å². The maximum Gasteiger partial charge on any atom is 0.249 e. The monoisotopic (exact) mass is 516 g/mol. The van der Waals surface area contributed by atoms with Crippen LogP contribution in [0.15, 0.2) is 30.3 Å². The van der Waals surface area contributed by atoms with Gasteiger partial charge in [0, 0.05) is 43.1 Å². The van der Waals surface area contributed by atoms with Crippen molar-refractivity contribution in [2.75, 3.05) is 13.6 Å². The Morgan fingerprint density at radius 2 is 1.78 bits per heavy atom. The van der Waals surface area contributed by atoms with Crippen LogP contribution in [0.5, 0.6) is 0 Å². The van der Waals surface area contributed by atoms with Crippen molar-refractivity contribution in [3.8, 4) is 0 Å². The molecule has 0 bridgehead atoms. The Morgan fingerprint density at radius 3 is 2.46 bits per heavy atom. The molecule has 1 amide bonds. The molecular formula is C29H42F2N4O2. The maximum atomic E-state index is 14.0. The van der Waals surface area contributed by atoms with Gasteiger partial charge in [-0.1, -0.05) is 30.3 Å². The van der Waals surface area contributed by atoms with E-state index in [1.54, 1.807) is 0 Å². The molecule has 2 aliphatic carbocycles. The number of fused-ring (bicyclic) bond motifs is 1. The quantitative estimate of drug-likeness (QED) is 0.625. The van der Waals surface area contributed by atoms with Crippen molar-refractivity contribution in [3.05, 3.63) is 35.9 Å². The van der Waals surface area contributed by atoms with Crippen LogP contribution >= 0.6 is 0 Å². The van der Waals surface area contributed by atoms with Crippen molar-refractivity contribution in [2.45, 2.75) is 124 Å². The number of alkyl halides is 2. The van der Waals surface area contributed by atoms with E-state index in [9.17, 15) is 18.7 Å². The number of benzene rings is 1. The number of aliphatic hydroxyl groups excluding tert-OH is 1. The summed E-state index contributed by atoms with van der Waals surface area (Å²) < 4.78 is 27.9. The Kier molecular flexibility index (Phi) is 6.62. The number of carbonyl (C=O) groups excluding carboxylic acids is 1. The van der Waals surface area contributed by atoms with Crippen molar-refractivity contribution >= 4 is 5.91 Å². The number of likely N-dealkylation sites (tertiary alicyclic amines) is 1. The Bertz CT molecular complexity index is 989. The van der Waals surface area contributed by atoms with E-state index < -0.39 is 18.2 Å². The van der Waals surface area contributed by atoms with Crippen molar-refractivity contribution < 1.29 is 18.7 Å². The first-order valence-corrected chi connectivity index (χ1v) is 14.3. The fourth-order valence-electron chi connectivity index (χ4n) is 8.09. The number of rotatable bonds is 5. The summed E-state index contributed by atoms with van der Waals surface area (Å²) >= 11 is 0. The molecule has 6 nitrogen and oxygen atoms in total. The van der Waals surface area contributed by atoms with Crippen LogP contribution in [0.3, 0.4) is 0 Å². The number of aliphatic hydroxyl groups is 1. The molecule has 0 radical (unpaired) electrons. The van der Waals surface area contributed by atoms with Gasteiger partial charge in [0.1, 0.15) is 6.23 Å². The average Bonchev–Trinajstić information content (AvgIpc) is 3.20. The van der Waals surface area contributed by atoms with Gasteiger partial charge in [-0.25, -0.2) is 8.78 Å². The summed E-state index contributed by atoms with van der Waals surface area (Å²) in [6.45, 7) is 0.807. The van der Waals surface area contributed by atoms with Crippen LogP contribution in [0.2, 0.25) is 0 Å². The van der Waals surface area contributed by atoms with Gasteiger partial charge < -0.3 is 20.6 Å². The topological polar surface area (TPSA) is 73.0 Å². The summed E-state index contributed by atoms with van der Waals surface area (Å²) in [5.74, 6) is -2.24. The number of nitrogens with two attached hydrogens (primary N) is 1. The number of nitrogens with zero attached hydrogens (tertiary/aromatic N) is 3. The van der Waals surface area contributed by atoms with Gasteiger partial charge in [0.25, 0.3) is 0 Å². The van der Waals surface area contributed by atoms with Crippen LogP contribution in [0.4, 0.5) is 8.78 Å². The Labute approximate surface area is 219 Å². The summed E-state index contributed by atoms with van der Waals surface area (Å²) in [5, 5.41) is 11.8. The third-order valence-electron chi connectivity index (χ3n) is 10.4. The highest BCUT2D eigenvalue weighted by atomic mass is 19.3. The van der Waals surface area contributed by atoms with Gasteiger partial charge in [-0.3, -0.25) is 9.69 Å². The lowest BCUT2D eigenvalue weighted by Crippen LogP contribution is -2.59. The summed E-state index contributed by atoms with van der Waals surface area (Å²) in [7, 11) is 1.97. The molecule has 3 heterocycles. The van der Waals surface area contributed by atoms with E-state index in [1.165, 1.54) is 5.56 Å². The molecular weight excluding hydrogens is 474 g/mol. The fraction of sp³-hybridized carbons (Fsp3) is 0.759. The number of hydrogen-bond donors (Lipinski definition) is 2. The van der Waals surface area contributed by atoms with Crippen LogP contribution in [-0.4, -0.2) is 87.2 Å². The molecule has 8 heteroatoms. The molecule has 6 rings (SSSR count). The number of carbonyl (C=O) groups is 1. The third kappa shape index (κ3) is 4.72. The molecule has 0 aromatic heterocycles. The SMILES string of the molecule is CN([C@H]1CC[C@H](N)C(=O)N2[C@H](CC[C@H]2C(O)N2C[C@H](c3ccccc3)CC23CC3)C1)[C@H]1CCC(F)(F)C1. The molecule has 1 unspecified atom stereocenters. The summed E-state index contributed by atoms with van der Waals surface area (Å²) in [4.78, 5) is 19.9. The zero-order chi connectivity index (χ0) is 25.9. The highest BCUT2D eigenvalue weighted by molar-refractivity contribution is 5.82. The van der Waals surface area contributed by atoms with E-state index >= 15 is 0 Å².